The van der Waals surface area contributed by atoms with Gasteiger partial charge in [-0.3, -0.25) is 4.57 Å². The van der Waals surface area contributed by atoms with Crippen molar-refractivity contribution in [3.8, 4) is 5.75 Å². The monoisotopic (exact) mass is 258 g/mol. The van der Waals surface area contributed by atoms with E-state index < -0.39 is 7.60 Å². The number of phenolic OH excluding ortho intramolecular Hbond substituents is 1. The van der Waals surface area contributed by atoms with E-state index in [1.165, 1.54) is 0 Å². The first-order valence-electron chi connectivity index (χ1n) is 5.71. The molecule has 1 aromatic carbocycles. The molecule has 5 heteroatoms. The summed E-state index contributed by atoms with van der Waals surface area (Å²) in [4.78, 5) is 0. The van der Waals surface area contributed by atoms with Crippen LogP contribution in [0.2, 0.25) is 0 Å². The molecule has 0 fully saturated rings. The highest BCUT2D eigenvalue weighted by atomic mass is 31.2. The number of rotatable bonds is 6. The van der Waals surface area contributed by atoms with Crippen molar-refractivity contribution in [3.05, 3.63) is 29.8 Å². The van der Waals surface area contributed by atoms with Crippen molar-refractivity contribution in [2.45, 2.75) is 26.4 Å². The molecule has 1 atom stereocenters. The number of hydrogen-bond acceptors (Lipinski definition) is 4. The Morgan fingerprint density at radius 3 is 2.06 bits per heavy atom. The van der Waals surface area contributed by atoms with Gasteiger partial charge in [-0.05, 0) is 38.5 Å². The molecule has 17 heavy (non-hydrogen) atoms. The maximum Gasteiger partial charge on any atom is 0.337 e. The highest BCUT2D eigenvalue weighted by Gasteiger charge is 2.32. The maximum absolute atomic E-state index is 12.5. The summed E-state index contributed by atoms with van der Waals surface area (Å²) >= 11 is 0. The van der Waals surface area contributed by atoms with Gasteiger partial charge in [0.15, 0.2) is 0 Å². The fourth-order valence-electron chi connectivity index (χ4n) is 1.56. The van der Waals surface area contributed by atoms with Crippen molar-refractivity contribution in [1.29, 1.82) is 0 Å². The molecule has 0 saturated carbocycles. The minimum absolute atomic E-state index is 0.184. The molecule has 0 spiro atoms. The van der Waals surface area contributed by atoms with E-state index in [4.69, 9.17) is 9.05 Å². The zero-order valence-corrected chi connectivity index (χ0v) is 11.3. The van der Waals surface area contributed by atoms with Crippen LogP contribution in [0, 0.1) is 0 Å². The molecule has 4 nitrogen and oxygen atoms in total. The van der Waals surface area contributed by atoms with E-state index >= 15 is 0 Å². The summed E-state index contributed by atoms with van der Waals surface area (Å²) < 4.78 is 23.1. The fourth-order valence-corrected chi connectivity index (χ4v) is 3.33. The standard InChI is InChI=1S/C12H19O4P/c1-4-15-17(14,16-5-2)10(3)11-6-8-12(13)9-7-11/h6-10,13H,4-5H2,1-3H3. The van der Waals surface area contributed by atoms with E-state index in [0.717, 1.165) is 5.56 Å². The van der Waals surface area contributed by atoms with Crippen LogP contribution in [0.15, 0.2) is 24.3 Å². The molecule has 0 heterocycles. The van der Waals surface area contributed by atoms with Crippen LogP contribution >= 0.6 is 7.60 Å². The lowest BCUT2D eigenvalue weighted by Crippen LogP contribution is -2.03. The Bertz CT molecular complexity index is 378. The van der Waals surface area contributed by atoms with Crippen LogP contribution in [-0.2, 0) is 13.6 Å². The van der Waals surface area contributed by atoms with Gasteiger partial charge in [0.05, 0.1) is 18.9 Å². The quantitative estimate of drug-likeness (QED) is 0.790. The molecular formula is C12H19O4P. The summed E-state index contributed by atoms with van der Waals surface area (Å²) in [5, 5.41) is 9.22. The summed E-state index contributed by atoms with van der Waals surface area (Å²) in [6.45, 7) is 6.07. The average molecular weight is 258 g/mol. The van der Waals surface area contributed by atoms with Crippen molar-refractivity contribution >= 4 is 7.60 Å². The van der Waals surface area contributed by atoms with Crippen molar-refractivity contribution < 1.29 is 18.7 Å². The molecule has 0 radical (unpaired) electrons. The van der Waals surface area contributed by atoms with Gasteiger partial charge in [0.2, 0.25) is 0 Å². The lowest BCUT2D eigenvalue weighted by molar-refractivity contribution is 0.213. The van der Waals surface area contributed by atoms with Crippen LogP contribution in [0.4, 0.5) is 0 Å². The van der Waals surface area contributed by atoms with Crippen LogP contribution in [0.25, 0.3) is 0 Å². The van der Waals surface area contributed by atoms with Crippen LogP contribution in [0.5, 0.6) is 5.75 Å². The highest BCUT2D eigenvalue weighted by molar-refractivity contribution is 7.54. The Hall–Kier alpha value is -0.830. The van der Waals surface area contributed by atoms with Gasteiger partial charge in [-0.1, -0.05) is 12.1 Å². The largest absolute Gasteiger partial charge is 0.508 e. The summed E-state index contributed by atoms with van der Waals surface area (Å²) in [7, 11) is -3.13. The third-order valence-electron chi connectivity index (χ3n) is 2.47. The number of benzene rings is 1. The van der Waals surface area contributed by atoms with Crippen molar-refractivity contribution in [2.75, 3.05) is 13.2 Å². The van der Waals surface area contributed by atoms with Gasteiger partial charge in [0.1, 0.15) is 5.75 Å². The van der Waals surface area contributed by atoms with Crippen LogP contribution in [-0.4, -0.2) is 18.3 Å². The van der Waals surface area contributed by atoms with E-state index in [1.54, 1.807) is 45.0 Å². The molecule has 1 rings (SSSR count). The van der Waals surface area contributed by atoms with Gasteiger partial charge in [-0.15, -0.1) is 0 Å². The molecule has 96 valence electrons. The minimum atomic E-state index is -3.13. The second-order valence-electron chi connectivity index (χ2n) is 3.64. The summed E-state index contributed by atoms with van der Waals surface area (Å²) in [6.07, 6.45) is 0. The van der Waals surface area contributed by atoms with Crippen molar-refractivity contribution in [3.63, 3.8) is 0 Å². The van der Waals surface area contributed by atoms with E-state index in [2.05, 4.69) is 0 Å². The van der Waals surface area contributed by atoms with Gasteiger partial charge in [-0.25, -0.2) is 0 Å². The maximum atomic E-state index is 12.5. The second kappa shape index (κ2) is 6.20. The topological polar surface area (TPSA) is 55.8 Å². The van der Waals surface area contributed by atoms with Crippen LogP contribution in [0.3, 0.4) is 0 Å². The average Bonchev–Trinajstić information content (AvgIpc) is 2.30. The van der Waals surface area contributed by atoms with E-state index in [-0.39, 0.29) is 11.4 Å². The number of aromatic hydroxyl groups is 1. The summed E-state index contributed by atoms with van der Waals surface area (Å²) in [5.74, 6) is 0.184. The number of phenols is 1. The van der Waals surface area contributed by atoms with Crippen LogP contribution < -0.4 is 0 Å². The Labute approximate surface area is 102 Å². The molecule has 0 aliphatic carbocycles. The highest BCUT2D eigenvalue weighted by Crippen LogP contribution is 2.60. The van der Waals surface area contributed by atoms with E-state index in [1.807, 2.05) is 0 Å². The number of hydrogen-bond donors (Lipinski definition) is 1. The molecule has 1 aromatic rings. The predicted molar refractivity (Wildman–Crippen MR) is 67.4 cm³/mol. The molecule has 0 amide bonds. The van der Waals surface area contributed by atoms with Gasteiger partial charge in [0.25, 0.3) is 0 Å². The minimum Gasteiger partial charge on any atom is -0.508 e. The van der Waals surface area contributed by atoms with Gasteiger partial charge in [0, 0.05) is 0 Å². The first-order chi connectivity index (χ1) is 8.03. The summed E-state index contributed by atoms with van der Waals surface area (Å²) in [6, 6.07) is 6.58. The van der Waals surface area contributed by atoms with Gasteiger partial charge in [-0.2, -0.15) is 0 Å². The normalized spacial score (nSPS) is 13.6. The molecule has 0 aliphatic rings. The molecule has 0 aromatic heterocycles. The van der Waals surface area contributed by atoms with E-state index in [9.17, 15) is 9.67 Å². The van der Waals surface area contributed by atoms with Gasteiger partial charge < -0.3 is 14.2 Å². The molecule has 0 aliphatic heterocycles. The van der Waals surface area contributed by atoms with Gasteiger partial charge >= 0.3 is 7.60 Å². The second-order valence-corrected chi connectivity index (χ2v) is 6.01. The van der Waals surface area contributed by atoms with Crippen LogP contribution in [0.1, 0.15) is 32.0 Å². The third kappa shape index (κ3) is 3.56. The Morgan fingerprint density at radius 2 is 1.65 bits per heavy atom. The smallest absolute Gasteiger partial charge is 0.337 e. The first-order valence-corrected chi connectivity index (χ1v) is 7.32. The fraction of sp³-hybridized carbons (Fsp3) is 0.500. The van der Waals surface area contributed by atoms with Crippen molar-refractivity contribution in [2.24, 2.45) is 0 Å². The SMILES string of the molecule is CCOP(=O)(OCC)C(C)c1ccc(O)cc1. The molecular weight excluding hydrogens is 239 g/mol. The zero-order chi connectivity index (χ0) is 12.9. The van der Waals surface area contributed by atoms with E-state index in [0.29, 0.717) is 13.2 Å². The Morgan fingerprint density at radius 1 is 1.18 bits per heavy atom. The summed E-state index contributed by atoms with van der Waals surface area (Å²) in [5.41, 5.74) is 0.482. The molecule has 0 saturated heterocycles. The predicted octanol–water partition coefficient (Wildman–Crippen LogP) is 3.72. The zero-order valence-electron chi connectivity index (χ0n) is 10.4. The molecule has 1 N–H and O–H groups in total. The van der Waals surface area contributed by atoms with Crippen molar-refractivity contribution in [1.82, 2.24) is 0 Å². The Balaban J connectivity index is 2.95. The molecule has 0 bridgehead atoms. The Kier molecular flexibility index (Phi) is 5.19. The lowest BCUT2D eigenvalue weighted by Gasteiger charge is -2.23. The molecule has 1 unspecified atom stereocenters. The lowest BCUT2D eigenvalue weighted by atomic mass is 10.2. The first kappa shape index (κ1) is 14.2. The third-order valence-corrected chi connectivity index (χ3v) is 4.95.